The molecule has 0 spiro atoms. The summed E-state index contributed by atoms with van der Waals surface area (Å²) < 4.78 is 41.4. The van der Waals surface area contributed by atoms with Crippen molar-refractivity contribution < 1.29 is 33.3 Å². The maximum Gasteiger partial charge on any atom is 0.310 e. The highest BCUT2D eigenvalue weighted by molar-refractivity contribution is 5.95. The molecule has 0 saturated carbocycles. The summed E-state index contributed by atoms with van der Waals surface area (Å²) in [6.45, 7) is 1.23. The van der Waals surface area contributed by atoms with Crippen LogP contribution >= 0.6 is 0 Å². The van der Waals surface area contributed by atoms with Gasteiger partial charge in [-0.2, -0.15) is 4.39 Å². The molecule has 0 amide bonds. The standard InChI is InChI=1S/C26H24F2N6O5/c1-33-7-6-31-24(33)16-9-15(34-11-14(12-34)26(36)37)3-5-19(16)38-22-17(27)10-32-25(21(22)28)39-20-8-13(23(29)30)2-4-18(20)35/h2-6,8-10,14,24,35H,7,11-12H2,1H3,(H3,29,30)(H,36,37). The molecule has 0 radical (unpaired) electrons. The Labute approximate surface area is 221 Å². The zero-order chi connectivity index (χ0) is 27.8. The average Bonchev–Trinajstić information content (AvgIpc) is 3.29. The summed E-state index contributed by atoms with van der Waals surface area (Å²) in [4.78, 5) is 23.1. The number of carboxylic acid groups (broad SMARTS) is 1. The van der Waals surface area contributed by atoms with E-state index in [1.165, 1.54) is 18.2 Å². The van der Waals surface area contributed by atoms with Crippen LogP contribution in [-0.4, -0.2) is 64.8 Å². The quantitative estimate of drug-likeness (QED) is 0.249. The fourth-order valence-corrected chi connectivity index (χ4v) is 4.25. The second-order valence-corrected chi connectivity index (χ2v) is 9.16. The first-order chi connectivity index (χ1) is 18.6. The number of hydrogen-bond acceptors (Lipinski definition) is 9. The maximum absolute atomic E-state index is 15.5. The number of halogens is 2. The molecule has 2 aliphatic rings. The number of nitrogens with one attached hydrogen (secondary N) is 1. The number of hydrogen-bond donors (Lipinski definition) is 4. The van der Waals surface area contributed by atoms with Gasteiger partial charge in [0.15, 0.2) is 17.3 Å². The van der Waals surface area contributed by atoms with Gasteiger partial charge in [-0.05, 0) is 43.4 Å². The topological polar surface area (TPSA) is 158 Å². The van der Waals surface area contributed by atoms with Gasteiger partial charge < -0.3 is 30.3 Å². The first kappa shape index (κ1) is 25.9. The number of anilines is 1. The lowest BCUT2D eigenvalue weighted by Gasteiger charge is -2.39. The minimum absolute atomic E-state index is 0.126. The fourth-order valence-electron chi connectivity index (χ4n) is 4.25. The van der Waals surface area contributed by atoms with Gasteiger partial charge in [-0.25, -0.2) is 9.37 Å². The highest BCUT2D eigenvalue weighted by atomic mass is 19.1. The lowest BCUT2D eigenvalue weighted by Crippen LogP contribution is -2.50. The molecule has 1 aromatic heterocycles. The molecule has 5 rings (SSSR count). The van der Waals surface area contributed by atoms with Crippen molar-refractivity contribution in [1.82, 2.24) is 9.88 Å². The highest BCUT2D eigenvalue weighted by Crippen LogP contribution is 2.41. The van der Waals surface area contributed by atoms with Crippen LogP contribution in [0, 0.1) is 23.0 Å². The number of ether oxygens (including phenoxy) is 2. The molecule has 1 saturated heterocycles. The van der Waals surface area contributed by atoms with Crippen molar-refractivity contribution >= 4 is 23.7 Å². The summed E-state index contributed by atoms with van der Waals surface area (Å²) in [6.07, 6.45) is 1.94. The van der Waals surface area contributed by atoms with Crippen molar-refractivity contribution in [2.24, 2.45) is 16.6 Å². The number of nitrogens with two attached hydrogens (primary N) is 1. The van der Waals surface area contributed by atoms with Gasteiger partial charge in [0, 0.05) is 42.7 Å². The average molecular weight is 539 g/mol. The Kier molecular flexibility index (Phi) is 6.74. The molecule has 39 heavy (non-hydrogen) atoms. The number of phenols is 1. The summed E-state index contributed by atoms with van der Waals surface area (Å²) in [6, 6.07) is 8.80. The monoisotopic (exact) mass is 538 g/mol. The molecule has 5 N–H and O–H groups in total. The molecule has 2 aromatic carbocycles. The number of nitrogen functional groups attached to an aromatic ring is 1. The summed E-state index contributed by atoms with van der Waals surface area (Å²) in [5.74, 6) is -5.92. The molecular weight excluding hydrogens is 514 g/mol. The third-order valence-corrected chi connectivity index (χ3v) is 6.49. The zero-order valence-corrected chi connectivity index (χ0v) is 20.6. The summed E-state index contributed by atoms with van der Waals surface area (Å²) in [5, 5.41) is 26.8. The predicted octanol–water partition coefficient (Wildman–Crippen LogP) is 3.47. The first-order valence-corrected chi connectivity index (χ1v) is 11.8. The number of carbonyl (C=O) groups is 1. The molecule has 0 aliphatic carbocycles. The molecule has 13 heteroatoms. The van der Waals surface area contributed by atoms with Gasteiger partial charge in [0.2, 0.25) is 11.6 Å². The van der Waals surface area contributed by atoms with Gasteiger partial charge in [0.25, 0.3) is 5.88 Å². The van der Waals surface area contributed by atoms with E-state index in [2.05, 4.69) is 9.98 Å². The van der Waals surface area contributed by atoms with Crippen molar-refractivity contribution in [1.29, 1.82) is 5.41 Å². The van der Waals surface area contributed by atoms with Crippen molar-refractivity contribution in [2.75, 3.05) is 31.6 Å². The first-order valence-electron chi connectivity index (χ1n) is 11.8. The Hall–Kier alpha value is -4.78. The van der Waals surface area contributed by atoms with Crippen LogP contribution < -0.4 is 20.1 Å². The number of benzene rings is 2. The Morgan fingerprint density at radius 2 is 1.92 bits per heavy atom. The van der Waals surface area contributed by atoms with Crippen LogP contribution in [0.25, 0.3) is 0 Å². The molecule has 3 heterocycles. The van der Waals surface area contributed by atoms with Gasteiger partial charge in [-0.15, -0.1) is 0 Å². The largest absolute Gasteiger partial charge is 0.504 e. The van der Waals surface area contributed by atoms with E-state index in [0.29, 0.717) is 25.2 Å². The van der Waals surface area contributed by atoms with Crippen molar-refractivity contribution in [3.63, 3.8) is 0 Å². The van der Waals surface area contributed by atoms with E-state index < -0.39 is 41.3 Å². The summed E-state index contributed by atoms with van der Waals surface area (Å²) in [5.41, 5.74) is 6.93. The van der Waals surface area contributed by atoms with E-state index in [1.54, 1.807) is 24.4 Å². The fraction of sp³-hybridized carbons (Fsp3) is 0.231. The number of phenolic OH excluding ortho intramolecular Hbond substituents is 1. The molecule has 11 nitrogen and oxygen atoms in total. The molecule has 3 aromatic rings. The van der Waals surface area contributed by atoms with Gasteiger partial charge in [-0.1, -0.05) is 0 Å². The van der Waals surface area contributed by atoms with Gasteiger partial charge in [0.05, 0.1) is 12.1 Å². The number of pyridine rings is 1. The molecule has 202 valence electrons. The van der Waals surface area contributed by atoms with Crippen molar-refractivity contribution in [3.8, 4) is 28.9 Å². The Morgan fingerprint density at radius 1 is 1.15 bits per heavy atom. The van der Waals surface area contributed by atoms with E-state index in [0.717, 1.165) is 11.9 Å². The van der Waals surface area contributed by atoms with Gasteiger partial charge in [-0.3, -0.25) is 20.1 Å². The molecule has 0 bridgehead atoms. The van der Waals surface area contributed by atoms with E-state index in [9.17, 15) is 19.4 Å². The molecule has 1 fully saturated rings. The predicted molar refractivity (Wildman–Crippen MR) is 137 cm³/mol. The maximum atomic E-state index is 15.5. The molecular formula is C26H24F2N6O5. The summed E-state index contributed by atoms with van der Waals surface area (Å²) in [7, 11) is 1.83. The van der Waals surface area contributed by atoms with Gasteiger partial charge in [0.1, 0.15) is 17.8 Å². The van der Waals surface area contributed by atoms with Gasteiger partial charge >= 0.3 is 5.97 Å². The number of carboxylic acids is 1. The lowest BCUT2D eigenvalue weighted by atomic mass is 9.98. The van der Waals surface area contributed by atoms with E-state index in [4.69, 9.17) is 20.6 Å². The Bertz CT molecular complexity index is 1490. The second kappa shape index (κ2) is 10.2. The lowest BCUT2D eigenvalue weighted by molar-refractivity contribution is -0.142. The van der Waals surface area contributed by atoms with Crippen LogP contribution in [0.5, 0.6) is 28.9 Å². The number of amidine groups is 1. The number of aliphatic carboxylic acids is 1. The van der Waals surface area contributed by atoms with Crippen LogP contribution in [-0.2, 0) is 4.79 Å². The number of nitrogens with zero attached hydrogens (tertiary/aromatic N) is 4. The van der Waals surface area contributed by atoms with Crippen LogP contribution in [0.3, 0.4) is 0 Å². The second-order valence-electron chi connectivity index (χ2n) is 9.16. The van der Waals surface area contributed by atoms with E-state index in [1.807, 2.05) is 16.8 Å². The normalized spacial score (nSPS) is 17.2. The molecule has 2 aliphatic heterocycles. The zero-order valence-electron chi connectivity index (χ0n) is 20.6. The molecule has 1 unspecified atom stereocenters. The Balaban J connectivity index is 1.48. The van der Waals surface area contributed by atoms with Crippen LogP contribution in [0.2, 0.25) is 0 Å². The minimum Gasteiger partial charge on any atom is -0.504 e. The van der Waals surface area contributed by atoms with Crippen LogP contribution in [0.4, 0.5) is 14.5 Å². The molecule has 1 atom stereocenters. The number of aromatic hydroxyl groups is 1. The highest BCUT2D eigenvalue weighted by Gasteiger charge is 2.34. The van der Waals surface area contributed by atoms with Crippen LogP contribution in [0.15, 0.2) is 47.6 Å². The van der Waals surface area contributed by atoms with E-state index >= 15 is 4.39 Å². The SMILES string of the molecule is CN1CC=NC1c1cc(N2CC(C(=O)O)C2)ccc1Oc1c(F)cnc(Oc2cc(C(=N)N)ccc2O)c1F. The number of rotatable bonds is 8. The van der Waals surface area contributed by atoms with Crippen LogP contribution in [0.1, 0.15) is 17.3 Å². The third-order valence-electron chi connectivity index (χ3n) is 6.49. The number of aromatic nitrogens is 1. The Morgan fingerprint density at radius 3 is 2.59 bits per heavy atom. The minimum atomic E-state index is -1.26. The smallest absolute Gasteiger partial charge is 0.310 e. The summed E-state index contributed by atoms with van der Waals surface area (Å²) >= 11 is 0. The van der Waals surface area contributed by atoms with Crippen molar-refractivity contribution in [2.45, 2.75) is 6.17 Å². The number of aliphatic imine (C=N–C) groups is 1. The van der Waals surface area contributed by atoms with Crippen molar-refractivity contribution in [3.05, 3.63) is 65.4 Å². The van der Waals surface area contributed by atoms with E-state index in [-0.39, 0.29) is 28.6 Å². The third kappa shape index (κ3) is 5.03.